The molecular weight excluding hydrogens is 343 g/mol. The number of benzene rings is 2. The summed E-state index contributed by atoms with van der Waals surface area (Å²) >= 11 is 0. The maximum absolute atomic E-state index is 13.9. The summed E-state index contributed by atoms with van der Waals surface area (Å²) < 4.78 is 41.2. The molecule has 0 aromatic heterocycles. The van der Waals surface area contributed by atoms with Crippen molar-refractivity contribution in [3.8, 4) is 0 Å². The van der Waals surface area contributed by atoms with Crippen molar-refractivity contribution >= 4 is 11.7 Å². The number of urea groups is 1. The summed E-state index contributed by atoms with van der Waals surface area (Å²) in [6, 6.07) is 7.38. The molecule has 2 rings (SSSR count). The van der Waals surface area contributed by atoms with E-state index in [2.05, 4.69) is 10.6 Å². The molecule has 0 aliphatic heterocycles. The normalized spacial score (nSPS) is 11.8. The van der Waals surface area contributed by atoms with Gasteiger partial charge in [0.25, 0.3) is 0 Å². The Morgan fingerprint density at radius 2 is 1.73 bits per heavy atom. The van der Waals surface area contributed by atoms with E-state index in [1.54, 1.807) is 38.1 Å². The van der Waals surface area contributed by atoms with E-state index in [-0.39, 0.29) is 24.3 Å². The quantitative estimate of drug-likeness (QED) is 0.822. The SMILES string of the molecule is CC(Cc1c(F)cccc1F)NC(=O)NCc1ccc(N(C)C)c(F)c1. The van der Waals surface area contributed by atoms with Crippen LogP contribution in [-0.2, 0) is 13.0 Å². The molecule has 140 valence electrons. The zero-order valence-corrected chi connectivity index (χ0v) is 14.9. The Morgan fingerprint density at radius 3 is 2.31 bits per heavy atom. The molecular formula is C19H22F3N3O. The summed E-state index contributed by atoms with van der Waals surface area (Å²) in [6.07, 6.45) is 0.0259. The Hall–Kier alpha value is -2.70. The summed E-state index contributed by atoms with van der Waals surface area (Å²) in [5.74, 6) is -1.66. The molecule has 2 amide bonds. The second-order valence-corrected chi connectivity index (χ2v) is 6.31. The average molecular weight is 365 g/mol. The molecule has 2 N–H and O–H groups in total. The number of carbonyl (C=O) groups excluding carboxylic acids is 1. The monoisotopic (exact) mass is 365 g/mol. The molecule has 0 heterocycles. The van der Waals surface area contributed by atoms with E-state index >= 15 is 0 Å². The van der Waals surface area contributed by atoms with Gasteiger partial charge in [-0.15, -0.1) is 0 Å². The van der Waals surface area contributed by atoms with Crippen molar-refractivity contribution in [1.29, 1.82) is 0 Å². The van der Waals surface area contributed by atoms with E-state index in [9.17, 15) is 18.0 Å². The summed E-state index contributed by atoms with van der Waals surface area (Å²) in [5.41, 5.74) is 0.997. The van der Waals surface area contributed by atoms with Crippen LogP contribution in [0.25, 0.3) is 0 Å². The van der Waals surface area contributed by atoms with Gasteiger partial charge in [-0.3, -0.25) is 0 Å². The lowest BCUT2D eigenvalue weighted by molar-refractivity contribution is 0.237. The smallest absolute Gasteiger partial charge is 0.315 e. The Bertz CT molecular complexity index is 760. The third-order valence-corrected chi connectivity index (χ3v) is 3.90. The number of halogens is 3. The van der Waals surface area contributed by atoms with E-state index in [0.717, 1.165) is 0 Å². The summed E-state index contributed by atoms with van der Waals surface area (Å²) in [7, 11) is 3.48. The van der Waals surface area contributed by atoms with Crippen LogP contribution in [0, 0.1) is 17.5 Å². The van der Waals surface area contributed by atoms with Crippen LogP contribution in [-0.4, -0.2) is 26.2 Å². The molecule has 0 saturated heterocycles. The highest BCUT2D eigenvalue weighted by Gasteiger charge is 2.14. The molecule has 26 heavy (non-hydrogen) atoms. The minimum atomic E-state index is -0.643. The Morgan fingerprint density at radius 1 is 1.08 bits per heavy atom. The van der Waals surface area contributed by atoms with Crippen molar-refractivity contribution in [2.45, 2.75) is 25.9 Å². The molecule has 0 radical (unpaired) electrons. The molecule has 0 spiro atoms. The van der Waals surface area contributed by atoms with Gasteiger partial charge in [0.2, 0.25) is 0 Å². The topological polar surface area (TPSA) is 44.4 Å². The van der Waals surface area contributed by atoms with E-state index in [1.165, 1.54) is 24.3 Å². The standard InChI is InChI=1S/C19H22F3N3O/c1-12(9-14-15(20)5-4-6-16(14)21)24-19(26)23-11-13-7-8-18(25(2)3)17(22)10-13/h4-8,10,12H,9,11H2,1-3H3,(H2,23,24,26). The first-order chi connectivity index (χ1) is 12.3. The second kappa shape index (κ2) is 8.60. The first-order valence-corrected chi connectivity index (χ1v) is 8.21. The van der Waals surface area contributed by atoms with E-state index < -0.39 is 23.7 Å². The van der Waals surface area contributed by atoms with Crippen LogP contribution in [0.15, 0.2) is 36.4 Å². The van der Waals surface area contributed by atoms with Gasteiger partial charge in [0, 0.05) is 32.2 Å². The zero-order valence-electron chi connectivity index (χ0n) is 14.9. The van der Waals surface area contributed by atoms with Crippen molar-refractivity contribution < 1.29 is 18.0 Å². The number of hydrogen-bond acceptors (Lipinski definition) is 2. The number of anilines is 1. The first kappa shape index (κ1) is 19.6. The van der Waals surface area contributed by atoms with Gasteiger partial charge in [-0.2, -0.15) is 0 Å². The van der Waals surface area contributed by atoms with Crippen molar-refractivity contribution in [3.63, 3.8) is 0 Å². The predicted octanol–water partition coefficient (Wildman–Crippen LogP) is 3.60. The van der Waals surface area contributed by atoms with Gasteiger partial charge >= 0.3 is 6.03 Å². The lowest BCUT2D eigenvalue weighted by Crippen LogP contribution is -2.41. The lowest BCUT2D eigenvalue weighted by atomic mass is 10.1. The van der Waals surface area contributed by atoms with E-state index in [1.807, 2.05) is 0 Å². The van der Waals surface area contributed by atoms with Crippen LogP contribution in [0.2, 0.25) is 0 Å². The number of nitrogens with zero attached hydrogens (tertiary/aromatic N) is 1. The van der Waals surface area contributed by atoms with E-state index in [0.29, 0.717) is 11.3 Å². The highest BCUT2D eigenvalue weighted by atomic mass is 19.1. The van der Waals surface area contributed by atoms with Crippen LogP contribution in [0.3, 0.4) is 0 Å². The first-order valence-electron chi connectivity index (χ1n) is 8.21. The summed E-state index contributed by atoms with van der Waals surface area (Å²) in [5, 5.41) is 5.21. The van der Waals surface area contributed by atoms with Gasteiger partial charge in [-0.05, 0) is 43.2 Å². The van der Waals surface area contributed by atoms with Gasteiger partial charge < -0.3 is 15.5 Å². The largest absolute Gasteiger partial charge is 0.375 e. The number of nitrogens with one attached hydrogen (secondary N) is 2. The minimum Gasteiger partial charge on any atom is -0.375 e. The van der Waals surface area contributed by atoms with Crippen LogP contribution < -0.4 is 15.5 Å². The number of rotatable bonds is 6. The van der Waals surface area contributed by atoms with Crippen LogP contribution in [0.5, 0.6) is 0 Å². The van der Waals surface area contributed by atoms with Crippen LogP contribution >= 0.6 is 0 Å². The molecule has 1 unspecified atom stereocenters. The maximum atomic E-state index is 13.9. The van der Waals surface area contributed by atoms with Crippen molar-refractivity contribution in [2.75, 3.05) is 19.0 Å². The average Bonchev–Trinajstić information content (AvgIpc) is 2.56. The van der Waals surface area contributed by atoms with Crippen molar-refractivity contribution in [1.82, 2.24) is 10.6 Å². The molecule has 0 bridgehead atoms. The fourth-order valence-corrected chi connectivity index (χ4v) is 2.56. The minimum absolute atomic E-state index is 0.0259. The fraction of sp³-hybridized carbons (Fsp3) is 0.316. The van der Waals surface area contributed by atoms with Crippen molar-refractivity contribution in [2.24, 2.45) is 0 Å². The van der Waals surface area contributed by atoms with Gasteiger partial charge in [-0.25, -0.2) is 18.0 Å². The second-order valence-electron chi connectivity index (χ2n) is 6.31. The molecule has 1 atom stereocenters. The van der Waals surface area contributed by atoms with Gasteiger partial charge in [0.1, 0.15) is 17.5 Å². The highest BCUT2D eigenvalue weighted by Crippen LogP contribution is 2.18. The third-order valence-electron chi connectivity index (χ3n) is 3.90. The summed E-state index contributed by atoms with van der Waals surface area (Å²) in [4.78, 5) is 13.6. The lowest BCUT2D eigenvalue weighted by Gasteiger charge is -2.16. The van der Waals surface area contributed by atoms with Gasteiger partial charge in [0.05, 0.1) is 5.69 Å². The molecule has 0 saturated carbocycles. The van der Waals surface area contributed by atoms with Crippen LogP contribution in [0.1, 0.15) is 18.1 Å². The number of hydrogen-bond donors (Lipinski definition) is 2. The third kappa shape index (κ3) is 5.15. The highest BCUT2D eigenvalue weighted by molar-refractivity contribution is 5.74. The summed E-state index contributed by atoms with van der Waals surface area (Å²) in [6.45, 7) is 1.79. The molecule has 0 aliphatic rings. The molecule has 4 nitrogen and oxygen atoms in total. The Labute approximate surface area is 151 Å². The Kier molecular flexibility index (Phi) is 6.49. The molecule has 2 aromatic carbocycles. The number of amides is 2. The molecule has 0 aliphatic carbocycles. The van der Waals surface area contributed by atoms with Crippen LogP contribution in [0.4, 0.5) is 23.7 Å². The van der Waals surface area contributed by atoms with Crippen molar-refractivity contribution in [3.05, 3.63) is 65.0 Å². The molecule has 0 fully saturated rings. The zero-order chi connectivity index (χ0) is 19.3. The fourth-order valence-electron chi connectivity index (χ4n) is 2.56. The molecule has 2 aromatic rings. The van der Waals surface area contributed by atoms with Gasteiger partial charge in [-0.1, -0.05) is 12.1 Å². The maximum Gasteiger partial charge on any atom is 0.315 e. The van der Waals surface area contributed by atoms with Gasteiger partial charge in [0.15, 0.2) is 0 Å². The predicted molar refractivity (Wildman–Crippen MR) is 95.6 cm³/mol. The number of carbonyl (C=O) groups is 1. The Balaban J connectivity index is 1.88. The van der Waals surface area contributed by atoms with E-state index in [4.69, 9.17) is 0 Å². The molecule has 7 heteroatoms.